The molecule has 480 valence electrons. The molecule has 0 bridgehead atoms. The molecule has 0 saturated heterocycles. The fourth-order valence-electron chi connectivity index (χ4n) is 7.15. The van der Waals surface area contributed by atoms with Gasteiger partial charge in [0.25, 0.3) is 0 Å². The summed E-state index contributed by atoms with van der Waals surface area (Å²) in [6, 6.07) is 10.2. The molecule has 0 spiro atoms. The maximum Gasteiger partial charge on any atom is 0.391 e. The van der Waals surface area contributed by atoms with E-state index in [0.29, 0.717) is 0 Å². The Hall–Kier alpha value is -6.24. The first-order valence-electron chi connectivity index (χ1n) is 23.4. The van der Waals surface area contributed by atoms with Crippen LogP contribution < -0.4 is 30.2 Å². The largest absolute Gasteiger partial charge is 0.435 e. The maximum absolute atomic E-state index is 12.4. The Bertz CT molecular complexity index is 2170. The van der Waals surface area contributed by atoms with Gasteiger partial charge in [-0.1, -0.05) is 36.4 Å². The average Bonchev–Trinajstić information content (AvgIpc) is 3.31. The summed E-state index contributed by atoms with van der Waals surface area (Å²) in [7, 11) is 0. The van der Waals surface area contributed by atoms with Crippen LogP contribution in [0.15, 0.2) is 72.8 Å². The van der Waals surface area contributed by atoms with Crippen molar-refractivity contribution in [3.8, 4) is 17.2 Å². The standard InChI is InChI=1S/3C16H18F7NO4/c3*1-15(26,8-16(21,22)23)6-12(25)24-11(7-27-13(17)18)9-3-2-4-10(5-9)28-14(19)20/h3*2-5,11,13-14,26H,6-8H2,1H3,(H,24,25)/t11-,15?;11-,15+;11-,15-/m000/s1. The number of ether oxygens (including phenoxy) is 6. The molecule has 0 aliphatic heterocycles. The van der Waals surface area contributed by atoms with Crippen molar-refractivity contribution < 1.29 is 150 Å². The molecular formula is C48H54F21N3O12. The number of alkyl halides is 21. The van der Waals surface area contributed by atoms with Crippen LogP contribution in [-0.4, -0.2) is 128 Å². The highest BCUT2D eigenvalue weighted by atomic mass is 19.4. The molecule has 36 heteroatoms. The second kappa shape index (κ2) is 34.0. The highest BCUT2D eigenvalue weighted by Crippen LogP contribution is 2.33. The third kappa shape index (κ3) is 36.5. The molecule has 0 saturated carbocycles. The molecule has 3 rings (SSSR count). The zero-order valence-electron chi connectivity index (χ0n) is 43.4. The highest BCUT2D eigenvalue weighted by molar-refractivity contribution is 5.78. The topological polar surface area (TPSA) is 203 Å². The maximum atomic E-state index is 12.4. The van der Waals surface area contributed by atoms with Crippen LogP contribution in [0.5, 0.6) is 17.2 Å². The zero-order chi connectivity index (χ0) is 64.6. The van der Waals surface area contributed by atoms with Crippen LogP contribution in [0.25, 0.3) is 0 Å². The molecule has 6 atom stereocenters. The van der Waals surface area contributed by atoms with Crippen LogP contribution in [0.2, 0.25) is 0 Å². The monoisotopic (exact) mass is 1260 g/mol. The predicted octanol–water partition coefficient (Wildman–Crippen LogP) is 11.3. The lowest BCUT2D eigenvalue weighted by atomic mass is 9.97. The first-order chi connectivity index (χ1) is 38.3. The average molecular weight is 1260 g/mol. The van der Waals surface area contributed by atoms with Gasteiger partial charge in [-0.2, -0.15) is 92.2 Å². The van der Waals surface area contributed by atoms with Gasteiger partial charge in [0.2, 0.25) is 17.7 Å². The second-order valence-electron chi connectivity index (χ2n) is 18.4. The van der Waals surface area contributed by atoms with E-state index in [9.17, 15) is 122 Å². The molecule has 0 radical (unpaired) electrons. The Morgan fingerprint density at radius 1 is 0.393 bits per heavy atom. The van der Waals surface area contributed by atoms with E-state index in [-0.39, 0.29) is 33.9 Å². The van der Waals surface area contributed by atoms with E-state index in [4.69, 9.17) is 0 Å². The highest BCUT2D eigenvalue weighted by Gasteiger charge is 2.42. The van der Waals surface area contributed by atoms with E-state index in [1.54, 1.807) is 0 Å². The van der Waals surface area contributed by atoms with Crippen molar-refractivity contribution in [1.29, 1.82) is 0 Å². The number of hydrogen-bond acceptors (Lipinski definition) is 12. The smallest absolute Gasteiger partial charge is 0.391 e. The van der Waals surface area contributed by atoms with Crippen LogP contribution in [0, 0.1) is 0 Å². The summed E-state index contributed by atoms with van der Waals surface area (Å²) in [4.78, 5) is 36.0. The third-order valence-electron chi connectivity index (χ3n) is 10.00. The normalized spacial score (nSPS) is 15.4. The van der Waals surface area contributed by atoms with Crippen LogP contribution in [0.1, 0.15) is 94.1 Å². The molecule has 3 amide bonds. The number of nitrogens with one attached hydrogen (secondary N) is 3. The molecular weight excluding hydrogens is 1210 g/mol. The van der Waals surface area contributed by atoms with Gasteiger partial charge in [-0.15, -0.1) is 0 Å². The molecule has 0 aliphatic carbocycles. The molecule has 0 aromatic heterocycles. The number of rotatable bonds is 30. The van der Waals surface area contributed by atoms with Crippen molar-refractivity contribution in [2.24, 2.45) is 0 Å². The van der Waals surface area contributed by atoms with Gasteiger partial charge in [-0.25, -0.2) is 0 Å². The van der Waals surface area contributed by atoms with Gasteiger partial charge in [-0.3, -0.25) is 14.4 Å². The van der Waals surface area contributed by atoms with Gasteiger partial charge < -0.3 is 59.7 Å². The molecule has 84 heavy (non-hydrogen) atoms. The molecule has 6 N–H and O–H groups in total. The van der Waals surface area contributed by atoms with Gasteiger partial charge in [0.15, 0.2) is 0 Å². The van der Waals surface area contributed by atoms with Gasteiger partial charge in [-0.05, 0) is 73.9 Å². The number of halogens is 21. The van der Waals surface area contributed by atoms with E-state index >= 15 is 0 Å². The van der Waals surface area contributed by atoms with Crippen molar-refractivity contribution in [2.75, 3.05) is 19.8 Å². The van der Waals surface area contributed by atoms with Crippen molar-refractivity contribution in [3.63, 3.8) is 0 Å². The van der Waals surface area contributed by atoms with E-state index in [1.807, 2.05) is 0 Å². The number of carbonyl (C=O) groups is 3. The van der Waals surface area contributed by atoms with Crippen LogP contribution in [0.4, 0.5) is 92.2 Å². The number of hydrogen-bond donors (Lipinski definition) is 6. The second-order valence-corrected chi connectivity index (χ2v) is 18.4. The minimum Gasteiger partial charge on any atom is -0.435 e. The van der Waals surface area contributed by atoms with Crippen LogP contribution in [0.3, 0.4) is 0 Å². The molecule has 0 fully saturated rings. The minimum atomic E-state index is -4.73. The first kappa shape index (κ1) is 75.8. The van der Waals surface area contributed by atoms with Gasteiger partial charge in [0, 0.05) is 0 Å². The fourth-order valence-corrected chi connectivity index (χ4v) is 7.15. The summed E-state index contributed by atoms with van der Waals surface area (Å²) < 4.78 is 284. The Balaban J connectivity index is 0.000000630. The van der Waals surface area contributed by atoms with E-state index in [2.05, 4.69) is 44.4 Å². The van der Waals surface area contributed by atoms with Gasteiger partial charge >= 0.3 is 58.2 Å². The lowest BCUT2D eigenvalue weighted by molar-refractivity contribution is -0.177. The zero-order valence-corrected chi connectivity index (χ0v) is 43.4. The Morgan fingerprint density at radius 3 is 0.786 bits per heavy atom. The molecule has 15 nitrogen and oxygen atoms in total. The minimum absolute atomic E-state index is 0.0302. The Kier molecular flexibility index (Phi) is 30.7. The number of aliphatic hydroxyl groups is 3. The van der Waals surface area contributed by atoms with Crippen molar-refractivity contribution in [1.82, 2.24) is 16.0 Å². The molecule has 1 unspecified atom stereocenters. The van der Waals surface area contributed by atoms with Crippen molar-refractivity contribution in [2.45, 2.75) is 152 Å². The summed E-state index contributed by atoms with van der Waals surface area (Å²) >= 11 is 0. The van der Waals surface area contributed by atoms with Gasteiger partial charge in [0.05, 0.1) is 93.3 Å². The lowest BCUT2D eigenvalue weighted by Crippen LogP contribution is -2.40. The van der Waals surface area contributed by atoms with Gasteiger partial charge in [0.1, 0.15) is 17.2 Å². The Labute approximate surface area is 462 Å². The summed E-state index contributed by atoms with van der Waals surface area (Å²) in [5.41, 5.74) is -7.21. The number of benzene rings is 3. The summed E-state index contributed by atoms with van der Waals surface area (Å²) in [6.07, 6.45) is -22.1. The lowest BCUT2D eigenvalue weighted by Gasteiger charge is -2.26. The molecule has 0 aliphatic rings. The van der Waals surface area contributed by atoms with E-state index in [1.165, 1.54) is 36.4 Å². The molecule has 0 heterocycles. The number of carbonyl (C=O) groups excluding carboxylic acids is 3. The first-order valence-corrected chi connectivity index (χ1v) is 23.4. The SMILES string of the molecule is CC(O)(CC(=O)N[C@@H](COC(F)F)c1cccc(OC(F)F)c1)CC(F)(F)F.C[C@@](O)(CC(=O)N[C@@H](COC(F)F)c1cccc(OC(F)F)c1)CC(F)(F)F.C[C@](O)(CC(=O)N[C@@H](COC(F)F)c1cccc(OC(F)F)c1)CC(F)(F)F. The fraction of sp³-hybridized carbons (Fsp3) is 0.562. The van der Waals surface area contributed by atoms with E-state index < -0.39 is 169 Å². The quantitative estimate of drug-likeness (QED) is 0.0345. The Morgan fingerprint density at radius 2 is 0.607 bits per heavy atom. The molecule has 3 aromatic rings. The summed E-state index contributed by atoms with van der Waals surface area (Å²) in [5.74, 6) is -4.24. The molecule has 3 aromatic carbocycles. The van der Waals surface area contributed by atoms with Crippen molar-refractivity contribution >= 4 is 17.7 Å². The predicted molar refractivity (Wildman–Crippen MR) is 245 cm³/mol. The van der Waals surface area contributed by atoms with Crippen LogP contribution in [-0.2, 0) is 28.6 Å². The van der Waals surface area contributed by atoms with Crippen molar-refractivity contribution in [3.05, 3.63) is 89.5 Å². The number of amides is 3. The summed E-state index contributed by atoms with van der Waals surface area (Å²) in [6.45, 7) is -19.1. The third-order valence-corrected chi connectivity index (χ3v) is 10.00. The van der Waals surface area contributed by atoms with E-state index in [0.717, 1.165) is 57.2 Å². The van der Waals surface area contributed by atoms with Crippen LogP contribution >= 0.6 is 0 Å². The summed E-state index contributed by atoms with van der Waals surface area (Å²) in [5, 5.41) is 35.6.